The van der Waals surface area contributed by atoms with E-state index in [1.54, 1.807) is 0 Å². The number of likely N-dealkylation sites (tertiary alicyclic amines) is 1. The van der Waals surface area contributed by atoms with E-state index in [2.05, 4.69) is 39.6 Å². The number of nitrogens with zero attached hydrogens (tertiary/aromatic N) is 3. The summed E-state index contributed by atoms with van der Waals surface area (Å²) in [5.41, 5.74) is 0. The molecular formula is C21H35IN4OS. The summed E-state index contributed by atoms with van der Waals surface area (Å²) in [7, 11) is 0. The van der Waals surface area contributed by atoms with E-state index in [1.807, 2.05) is 11.3 Å². The van der Waals surface area contributed by atoms with E-state index < -0.39 is 0 Å². The summed E-state index contributed by atoms with van der Waals surface area (Å²) in [6, 6.07) is 4.79. The van der Waals surface area contributed by atoms with Gasteiger partial charge in [0.25, 0.3) is 0 Å². The maximum Gasteiger partial charge on any atom is 0.194 e. The second-order valence-electron chi connectivity index (χ2n) is 8.08. The van der Waals surface area contributed by atoms with Gasteiger partial charge in [-0.3, -0.25) is 9.89 Å². The number of thiophene rings is 1. The summed E-state index contributed by atoms with van der Waals surface area (Å²) < 4.78 is 5.57. The van der Waals surface area contributed by atoms with Crippen LogP contribution in [0.2, 0.25) is 0 Å². The molecule has 0 spiro atoms. The molecule has 2 aliphatic heterocycles. The molecule has 3 fully saturated rings. The highest BCUT2D eigenvalue weighted by atomic mass is 127. The molecule has 0 aromatic carbocycles. The predicted molar refractivity (Wildman–Crippen MR) is 128 cm³/mol. The Hall–Kier alpha value is -0.380. The summed E-state index contributed by atoms with van der Waals surface area (Å²) in [6.45, 7) is 10.0. The minimum atomic E-state index is 0. The van der Waals surface area contributed by atoms with E-state index >= 15 is 0 Å². The summed E-state index contributed by atoms with van der Waals surface area (Å²) >= 11 is 1.85. The van der Waals surface area contributed by atoms with E-state index in [-0.39, 0.29) is 24.0 Å². The van der Waals surface area contributed by atoms with Crippen molar-refractivity contribution in [1.82, 2.24) is 15.1 Å². The van der Waals surface area contributed by atoms with Crippen molar-refractivity contribution in [3.63, 3.8) is 0 Å². The van der Waals surface area contributed by atoms with Crippen molar-refractivity contribution in [3.8, 4) is 0 Å². The maximum atomic E-state index is 5.57. The number of rotatable bonds is 5. The summed E-state index contributed by atoms with van der Waals surface area (Å²) in [6.07, 6.45) is 5.65. The smallest absolute Gasteiger partial charge is 0.194 e. The van der Waals surface area contributed by atoms with E-state index in [0.29, 0.717) is 6.04 Å². The van der Waals surface area contributed by atoms with Crippen molar-refractivity contribution >= 4 is 41.3 Å². The lowest BCUT2D eigenvalue weighted by Crippen LogP contribution is -2.42. The van der Waals surface area contributed by atoms with Gasteiger partial charge >= 0.3 is 0 Å². The number of guanidine groups is 1. The topological polar surface area (TPSA) is 40.1 Å². The number of aliphatic imine (C=N–C) groups is 1. The van der Waals surface area contributed by atoms with Crippen LogP contribution in [0.25, 0.3) is 0 Å². The van der Waals surface area contributed by atoms with E-state index in [9.17, 15) is 0 Å². The Labute approximate surface area is 190 Å². The van der Waals surface area contributed by atoms with Crippen molar-refractivity contribution in [1.29, 1.82) is 0 Å². The highest BCUT2D eigenvalue weighted by molar-refractivity contribution is 14.0. The molecule has 0 amide bonds. The van der Waals surface area contributed by atoms with Crippen LogP contribution in [0.3, 0.4) is 0 Å². The molecule has 3 aliphatic rings. The Morgan fingerprint density at radius 2 is 1.96 bits per heavy atom. The summed E-state index contributed by atoms with van der Waals surface area (Å²) in [5, 5.41) is 5.76. The molecule has 1 aromatic rings. The Kier molecular flexibility index (Phi) is 8.87. The van der Waals surface area contributed by atoms with Gasteiger partial charge in [-0.25, -0.2) is 0 Å². The zero-order valence-corrected chi connectivity index (χ0v) is 20.2. The lowest BCUT2D eigenvalue weighted by atomic mass is 9.82. The molecule has 3 heterocycles. The fourth-order valence-corrected chi connectivity index (χ4v) is 5.79. The van der Waals surface area contributed by atoms with E-state index in [0.717, 1.165) is 57.2 Å². The third-order valence-corrected chi connectivity index (χ3v) is 7.36. The van der Waals surface area contributed by atoms with Crippen LogP contribution in [0.1, 0.15) is 43.5 Å². The highest BCUT2D eigenvalue weighted by Gasteiger charge is 2.35. The van der Waals surface area contributed by atoms with Crippen molar-refractivity contribution in [2.24, 2.45) is 16.8 Å². The SMILES string of the molecule is CCNC(=NCC(c1cccs1)N1CCOCC1)N1CC2CCCCC2C1.I. The molecule has 0 radical (unpaired) electrons. The van der Waals surface area contributed by atoms with Gasteiger partial charge in [0.2, 0.25) is 0 Å². The fraction of sp³-hybridized carbons (Fsp3) is 0.762. The molecule has 1 saturated carbocycles. The number of morpholine rings is 1. The first-order valence-electron chi connectivity index (χ1n) is 10.7. The minimum Gasteiger partial charge on any atom is -0.379 e. The third-order valence-electron chi connectivity index (χ3n) is 6.38. The Bertz CT molecular complexity index is 592. The summed E-state index contributed by atoms with van der Waals surface area (Å²) in [5.74, 6) is 2.90. The minimum absolute atomic E-state index is 0. The molecule has 3 atom stereocenters. The molecule has 5 nitrogen and oxygen atoms in total. The molecule has 1 aliphatic carbocycles. The Morgan fingerprint density at radius 3 is 2.57 bits per heavy atom. The first-order chi connectivity index (χ1) is 13.3. The maximum absolute atomic E-state index is 5.57. The van der Waals surface area contributed by atoms with Gasteiger partial charge in [-0.15, -0.1) is 35.3 Å². The van der Waals surface area contributed by atoms with Crippen LogP contribution in [0, 0.1) is 11.8 Å². The molecule has 3 unspecified atom stereocenters. The molecule has 2 saturated heterocycles. The van der Waals surface area contributed by atoms with Crippen LogP contribution in [-0.2, 0) is 4.74 Å². The Balaban J connectivity index is 0.00000225. The van der Waals surface area contributed by atoms with Crippen molar-refractivity contribution in [2.75, 3.05) is 52.5 Å². The molecular weight excluding hydrogens is 483 g/mol. The van der Waals surface area contributed by atoms with Crippen molar-refractivity contribution in [2.45, 2.75) is 38.6 Å². The zero-order chi connectivity index (χ0) is 18.5. The first kappa shape index (κ1) is 22.3. The van der Waals surface area contributed by atoms with E-state index in [4.69, 9.17) is 9.73 Å². The van der Waals surface area contributed by atoms with Crippen LogP contribution in [0.4, 0.5) is 0 Å². The predicted octanol–water partition coefficient (Wildman–Crippen LogP) is 3.83. The number of ether oxygens (including phenoxy) is 1. The normalized spacial score (nSPS) is 27.2. The lowest BCUT2D eigenvalue weighted by molar-refractivity contribution is 0.0186. The number of halogens is 1. The van der Waals surface area contributed by atoms with Crippen molar-refractivity contribution in [3.05, 3.63) is 22.4 Å². The molecule has 28 heavy (non-hydrogen) atoms. The second-order valence-corrected chi connectivity index (χ2v) is 9.06. The lowest BCUT2D eigenvalue weighted by Gasteiger charge is -2.33. The molecule has 0 bridgehead atoms. The van der Waals surface area contributed by atoms with Crippen LogP contribution in [0.15, 0.2) is 22.5 Å². The van der Waals surface area contributed by atoms with Gasteiger partial charge in [-0.2, -0.15) is 0 Å². The van der Waals surface area contributed by atoms with Crippen LogP contribution >= 0.6 is 35.3 Å². The van der Waals surface area contributed by atoms with Gasteiger partial charge < -0.3 is 15.0 Å². The Morgan fingerprint density at radius 1 is 1.25 bits per heavy atom. The molecule has 4 rings (SSSR count). The van der Waals surface area contributed by atoms with Crippen LogP contribution in [-0.4, -0.2) is 68.2 Å². The van der Waals surface area contributed by atoms with Gasteiger partial charge in [0.1, 0.15) is 0 Å². The van der Waals surface area contributed by atoms with Gasteiger partial charge in [0, 0.05) is 37.6 Å². The number of hydrogen-bond acceptors (Lipinski definition) is 4. The number of hydrogen-bond donors (Lipinski definition) is 1. The van der Waals surface area contributed by atoms with E-state index in [1.165, 1.54) is 43.6 Å². The second kappa shape index (κ2) is 11.1. The molecule has 1 aromatic heterocycles. The first-order valence-corrected chi connectivity index (χ1v) is 11.6. The number of fused-ring (bicyclic) bond motifs is 1. The monoisotopic (exact) mass is 518 g/mol. The van der Waals surface area contributed by atoms with Gasteiger partial charge in [0.15, 0.2) is 5.96 Å². The standard InChI is InChI=1S/C21H34N4OS.HI/c1-2-22-21(25-15-17-6-3-4-7-18(17)16-25)23-14-19(20-8-5-13-27-20)24-9-11-26-12-10-24;/h5,8,13,17-19H,2-4,6-7,9-12,14-16H2,1H3,(H,22,23);1H. The largest absolute Gasteiger partial charge is 0.379 e. The molecule has 7 heteroatoms. The third kappa shape index (κ3) is 5.40. The average Bonchev–Trinajstić information content (AvgIpc) is 3.38. The quantitative estimate of drug-likeness (QED) is 0.366. The molecule has 1 N–H and O–H groups in total. The van der Waals surface area contributed by atoms with Gasteiger partial charge in [-0.05, 0) is 43.0 Å². The highest BCUT2D eigenvalue weighted by Crippen LogP contribution is 2.36. The average molecular weight is 519 g/mol. The number of nitrogens with one attached hydrogen (secondary N) is 1. The molecule has 158 valence electrons. The summed E-state index contributed by atoms with van der Waals surface area (Å²) in [4.78, 5) is 11.6. The fourth-order valence-electron chi connectivity index (χ4n) is 4.93. The van der Waals surface area contributed by atoms with Crippen molar-refractivity contribution < 1.29 is 4.74 Å². The van der Waals surface area contributed by atoms with Crippen LogP contribution < -0.4 is 5.32 Å². The van der Waals surface area contributed by atoms with Crippen LogP contribution in [0.5, 0.6) is 0 Å². The van der Waals surface area contributed by atoms with Gasteiger partial charge in [-0.1, -0.05) is 18.9 Å². The zero-order valence-electron chi connectivity index (χ0n) is 17.0. The van der Waals surface area contributed by atoms with Gasteiger partial charge in [0.05, 0.1) is 25.8 Å².